The van der Waals surface area contributed by atoms with Gasteiger partial charge in [0.2, 0.25) is 0 Å². The van der Waals surface area contributed by atoms with Crippen LogP contribution < -0.4 is 20.1 Å². The smallest absolute Gasteiger partial charge is 0.171 e. The number of nitrogens with zero attached hydrogens (tertiary/aromatic N) is 1. The molecule has 1 heterocycles. The topological polar surface area (TPSA) is 55.4 Å². The third kappa shape index (κ3) is 6.17. The highest BCUT2D eigenvalue weighted by Gasteiger charge is 2.10. The summed E-state index contributed by atoms with van der Waals surface area (Å²) in [6.45, 7) is 5.81. The molecular formula is C18H22BrN3O2S. The fourth-order valence-corrected chi connectivity index (χ4v) is 2.70. The molecule has 0 bridgehead atoms. The molecule has 0 spiro atoms. The number of para-hydroxylation sites is 1. The van der Waals surface area contributed by atoms with Gasteiger partial charge in [0.1, 0.15) is 5.82 Å². The summed E-state index contributed by atoms with van der Waals surface area (Å²) in [5.41, 5.74) is 1.09. The quantitative estimate of drug-likeness (QED) is 0.621. The Labute approximate surface area is 162 Å². The summed E-state index contributed by atoms with van der Waals surface area (Å²) < 4.78 is 12.3. The first-order valence-electron chi connectivity index (χ1n) is 8.18. The lowest BCUT2D eigenvalue weighted by Crippen LogP contribution is -2.30. The molecule has 0 saturated heterocycles. The minimum absolute atomic E-state index is 0.536. The van der Waals surface area contributed by atoms with Crippen molar-refractivity contribution in [2.45, 2.75) is 20.3 Å². The summed E-state index contributed by atoms with van der Waals surface area (Å²) in [6, 6.07) is 9.71. The maximum Gasteiger partial charge on any atom is 0.171 e. The number of benzene rings is 1. The monoisotopic (exact) mass is 423 g/mol. The van der Waals surface area contributed by atoms with E-state index in [1.54, 1.807) is 6.20 Å². The van der Waals surface area contributed by atoms with Gasteiger partial charge in [0.05, 0.1) is 13.2 Å². The van der Waals surface area contributed by atoms with E-state index in [9.17, 15) is 0 Å². The minimum Gasteiger partial charge on any atom is -0.490 e. The van der Waals surface area contributed by atoms with E-state index in [0.29, 0.717) is 30.7 Å². The van der Waals surface area contributed by atoms with Gasteiger partial charge in [0.25, 0.3) is 0 Å². The second-order valence-electron chi connectivity index (χ2n) is 5.10. The van der Waals surface area contributed by atoms with Crippen molar-refractivity contribution in [3.05, 3.63) is 46.6 Å². The molecular weight excluding hydrogens is 402 g/mol. The van der Waals surface area contributed by atoms with E-state index in [1.807, 2.05) is 44.2 Å². The van der Waals surface area contributed by atoms with Crippen LogP contribution in [0.2, 0.25) is 0 Å². The lowest BCUT2D eigenvalue weighted by Gasteiger charge is -2.16. The molecule has 0 atom stereocenters. The van der Waals surface area contributed by atoms with Crippen molar-refractivity contribution in [1.29, 1.82) is 0 Å². The molecule has 134 valence electrons. The van der Waals surface area contributed by atoms with E-state index in [4.69, 9.17) is 21.7 Å². The van der Waals surface area contributed by atoms with Gasteiger partial charge < -0.3 is 20.1 Å². The third-order valence-electron chi connectivity index (χ3n) is 3.30. The zero-order valence-electron chi connectivity index (χ0n) is 14.3. The van der Waals surface area contributed by atoms with Crippen LogP contribution in [0, 0.1) is 0 Å². The van der Waals surface area contributed by atoms with Gasteiger partial charge in [-0.3, -0.25) is 0 Å². The van der Waals surface area contributed by atoms with Gasteiger partial charge in [0, 0.05) is 17.2 Å². The van der Waals surface area contributed by atoms with Gasteiger partial charge in [-0.1, -0.05) is 12.1 Å². The van der Waals surface area contributed by atoms with Crippen LogP contribution in [0.3, 0.4) is 0 Å². The molecule has 0 unspecified atom stereocenters. The fraction of sp³-hybridized carbons (Fsp3) is 0.333. The van der Waals surface area contributed by atoms with Gasteiger partial charge in [-0.25, -0.2) is 4.98 Å². The van der Waals surface area contributed by atoms with E-state index in [2.05, 4.69) is 31.5 Å². The summed E-state index contributed by atoms with van der Waals surface area (Å²) in [5.74, 6) is 2.29. The van der Waals surface area contributed by atoms with Gasteiger partial charge in [-0.2, -0.15) is 0 Å². The van der Waals surface area contributed by atoms with Crippen LogP contribution in [-0.2, 0) is 6.42 Å². The second kappa shape index (κ2) is 10.2. The Kier molecular flexibility index (Phi) is 7.94. The number of ether oxygens (including phenoxy) is 2. The minimum atomic E-state index is 0.536. The lowest BCUT2D eigenvalue weighted by molar-refractivity contribution is 0.285. The number of anilines is 1. The number of nitrogens with one attached hydrogen (secondary N) is 2. The van der Waals surface area contributed by atoms with Crippen LogP contribution in [0.15, 0.2) is 41.0 Å². The molecule has 0 saturated carbocycles. The number of pyridine rings is 1. The number of hydrogen-bond acceptors (Lipinski definition) is 4. The van der Waals surface area contributed by atoms with Crippen LogP contribution in [0.25, 0.3) is 0 Å². The molecule has 0 aliphatic rings. The molecule has 2 aromatic rings. The predicted octanol–water partition coefficient (Wildman–Crippen LogP) is 4.17. The van der Waals surface area contributed by atoms with Gasteiger partial charge in [-0.15, -0.1) is 0 Å². The number of rotatable bonds is 8. The molecule has 1 aromatic carbocycles. The molecule has 1 aromatic heterocycles. The predicted molar refractivity (Wildman–Crippen MR) is 109 cm³/mol. The number of thiocarbonyl (C=S) groups is 1. The van der Waals surface area contributed by atoms with E-state index in [-0.39, 0.29) is 0 Å². The standard InChI is InChI=1S/C18H22BrN3O2S/c1-3-23-15-7-5-6-13(17(15)24-4-2)10-11-20-18(25)22-16-9-8-14(19)12-21-16/h5-9,12H,3-4,10-11H2,1-2H3,(H2,20,21,22,25). The summed E-state index contributed by atoms with van der Waals surface area (Å²) >= 11 is 8.66. The largest absolute Gasteiger partial charge is 0.490 e. The third-order valence-corrected chi connectivity index (χ3v) is 4.01. The van der Waals surface area contributed by atoms with E-state index in [0.717, 1.165) is 28.0 Å². The van der Waals surface area contributed by atoms with Crippen molar-refractivity contribution in [3.8, 4) is 11.5 Å². The summed E-state index contributed by atoms with van der Waals surface area (Å²) in [6.07, 6.45) is 2.49. The Balaban J connectivity index is 1.91. The molecule has 0 aliphatic carbocycles. The number of aromatic nitrogens is 1. The molecule has 0 amide bonds. The highest BCUT2D eigenvalue weighted by Crippen LogP contribution is 2.31. The first-order valence-corrected chi connectivity index (χ1v) is 9.38. The van der Waals surface area contributed by atoms with Gasteiger partial charge in [0.15, 0.2) is 16.6 Å². The van der Waals surface area contributed by atoms with E-state index >= 15 is 0 Å². The van der Waals surface area contributed by atoms with E-state index in [1.165, 1.54) is 0 Å². The molecule has 7 heteroatoms. The van der Waals surface area contributed by atoms with Crippen LogP contribution >= 0.6 is 28.1 Å². The molecule has 2 N–H and O–H groups in total. The molecule has 0 fully saturated rings. The summed E-state index contributed by atoms with van der Waals surface area (Å²) in [7, 11) is 0. The van der Waals surface area contributed by atoms with Crippen molar-refractivity contribution < 1.29 is 9.47 Å². The Hall–Kier alpha value is -1.86. The van der Waals surface area contributed by atoms with Crippen LogP contribution in [-0.4, -0.2) is 29.9 Å². The fourth-order valence-electron chi connectivity index (χ4n) is 2.26. The van der Waals surface area contributed by atoms with Gasteiger partial charge in [-0.05, 0) is 72.2 Å². The Morgan fingerprint density at radius 1 is 1.16 bits per heavy atom. The first-order chi connectivity index (χ1) is 12.1. The second-order valence-corrected chi connectivity index (χ2v) is 6.43. The summed E-state index contributed by atoms with van der Waals surface area (Å²) in [4.78, 5) is 4.23. The van der Waals surface area contributed by atoms with Crippen molar-refractivity contribution in [1.82, 2.24) is 10.3 Å². The van der Waals surface area contributed by atoms with E-state index < -0.39 is 0 Å². The molecule has 2 rings (SSSR count). The lowest BCUT2D eigenvalue weighted by atomic mass is 10.1. The molecule has 0 radical (unpaired) electrons. The average molecular weight is 424 g/mol. The Morgan fingerprint density at radius 2 is 1.96 bits per heavy atom. The maximum absolute atomic E-state index is 5.77. The molecule has 25 heavy (non-hydrogen) atoms. The maximum atomic E-state index is 5.77. The Bertz CT molecular complexity index is 695. The van der Waals surface area contributed by atoms with Crippen molar-refractivity contribution >= 4 is 39.1 Å². The number of hydrogen-bond donors (Lipinski definition) is 2. The van der Waals surface area contributed by atoms with Crippen molar-refractivity contribution in [3.63, 3.8) is 0 Å². The van der Waals surface area contributed by atoms with Crippen molar-refractivity contribution in [2.75, 3.05) is 25.1 Å². The zero-order chi connectivity index (χ0) is 18.1. The number of halogens is 1. The van der Waals surface area contributed by atoms with Crippen LogP contribution in [0.5, 0.6) is 11.5 Å². The normalized spacial score (nSPS) is 10.2. The van der Waals surface area contributed by atoms with Crippen LogP contribution in [0.4, 0.5) is 5.82 Å². The highest BCUT2D eigenvalue weighted by atomic mass is 79.9. The average Bonchev–Trinajstić information content (AvgIpc) is 2.60. The molecule has 5 nitrogen and oxygen atoms in total. The van der Waals surface area contributed by atoms with Gasteiger partial charge >= 0.3 is 0 Å². The van der Waals surface area contributed by atoms with Crippen molar-refractivity contribution in [2.24, 2.45) is 0 Å². The highest BCUT2D eigenvalue weighted by molar-refractivity contribution is 9.10. The zero-order valence-corrected chi connectivity index (χ0v) is 16.7. The Morgan fingerprint density at radius 3 is 2.64 bits per heavy atom. The SMILES string of the molecule is CCOc1cccc(CCNC(=S)Nc2ccc(Br)cn2)c1OCC. The van der Waals surface area contributed by atoms with Crippen LogP contribution in [0.1, 0.15) is 19.4 Å². The summed E-state index contributed by atoms with van der Waals surface area (Å²) in [5, 5.41) is 6.78. The first kappa shape index (κ1) is 19.5. The molecule has 0 aliphatic heterocycles.